The van der Waals surface area contributed by atoms with E-state index >= 15 is 0 Å². The highest BCUT2D eigenvalue weighted by molar-refractivity contribution is 7.89. The lowest BCUT2D eigenvalue weighted by Crippen LogP contribution is -2.30. The number of rotatable bonds is 2. The second-order valence-corrected chi connectivity index (χ2v) is 4.23. The van der Waals surface area contributed by atoms with Crippen molar-refractivity contribution in [3.05, 3.63) is 29.0 Å². The molecule has 0 heterocycles. The van der Waals surface area contributed by atoms with Crippen LogP contribution in [0.3, 0.4) is 0 Å². The predicted molar refractivity (Wildman–Crippen MR) is 45.9 cm³/mol. The van der Waals surface area contributed by atoms with Crippen LogP contribution in [-0.4, -0.2) is 8.42 Å². The molecule has 0 amide bonds. The fraction of sp³-hybridized carbons (Fsp3) is 0. The van der Waals surface area contributed by atoms with E-state index in [1.807, 2.05) is 0 Å². The van der Waals surface area contributed by atoms with Gasteiger partial charge >= 0.3 is 0 Å². The zero-order chi connectivity index (χ0) is 10.1. The molecule has 0 saturated heterocycles. The molecule has 1 rings (SSSR count). The molecule has 0 aliphatic carbocycles. The van der Waals surface area contributed by atoms with Gasteiger partial charge in [-0.3, -0.25) is 5.84 Å². The van der Waals surface area contributed by atoms with Crippen molar-refractivity contribution in [1.82, 2.24) is 4.83 Å². The zero-order valence-electron chi connectivity index (χ0n) is 6.29. The molecule has 0 radical (unpaired) electrons. The largest absolute Gasteiger partial charge is 0.257 e. The van der Waals surface area contributed by atoms with Crippen molar-refractivity contribution in [2.75, 3.05) is 0 Å². The molecule has 0 fully saturated rings. The monoisotopic (exact) mass is 224 g/mol. The molecule has 1 aromatic carbocycles. The highest BCUT2D eigenvalue weighted by Crippen LogP contribution is 2.23. The van der Waals surface area contributed by atoms with E-state index in [0.29, 0.717) is 0 Å². The van der Waals surface area contributed by atoms with Crippen molar-refractivity contribution in [1.29, 1.82) is 0 Å². The van der Waals surface area contributed by atoms with Gasteiger partial charge in [0.1, 0.15) is 10.7 Å². The van der Waals surface area contributed by atoms with E-state index in [1.54, 1.807) is 4.83 Å². The molecule has 0 bridgehead atoms. The van der Waals surface area contributed by atoms with E-state index in [0.717, 1.165) is 12.1 Å². The Labute approximate surface area is 79.5 Å². The topological polar surface area (TPSA) is 72.2 Å². The minimum absolute atomic E-state index is 0.378. The van der Waals surface area contributed by atoms with E-state index in [1.165, 1.54) is 6.07 Å². The minimum atomic E-state index is -3.90. The Hall–Kier alpha value is -0.690. The van der Waals surface area contributed by atoms with E-state index in [2.05, 4.69) is 0 Å². The van der Waals surface area contributed by atoms with E-state index in [4.69, 9.17) is 17.4 Å². The molecule has 0 atom stereocenters. The molecule has 72 valence electrons. The average molecular weight is 225 g/mol. The fourth-order valence-electron chi connectivity index (χ4n) is 0.755. The first kappa shape index (κ1) is 10.4. The molecule has 0 spiro atoms. The maximum atomic E-state index is 12.8. The summed E-state index contributed by atoms with van der Waals surface area (Å²) in [5, 5.41) is -0.472. The van der Waals surface area contributed by atoms with E-state index in [9.17, 15) is 12.8 Å². The molecule has 0 unspecified atom stereocenters. The van der Waals surface area contributed by atoms with Gasteiger partial charge in [-0.15, -0.1) is 0 Å². The van der Waals surface area contributed by atoms with Crippen LogP contribution in [0, 0.1) is 5.82 Å². The molecular weight excluding hydrogens is 219 g/mol. The summed E-state index contributed by atoms with van der Waals surface area (Å²) in [6, 6.07) is 3.43. The Morgan fingerprint density at radius 1 is 1.46 bits per heavy atom. The maximum Gasteiger partial charge on any atom is 0.254 e. The van der Waals surface area contributed by atoms with E-state index in [-0.39, 0.29) is 4.90 Å². The fourth-order valence-corrected chi connectivity index (χ4v) is 1.90. The average Bonchev–Trinajstić information content (AvgIpc) is 2.09. The Balaban J connectivity index is 3.40. The van der Waals surface area contributed by atoms with Crippen LogP contribution in [-0.2, 0) is 10.0 Å². The van der Waals surface area contributed by atoms with Crippen molar-refractivity contribution >= 4 is 21.6 Å². The number of hydrogen-bond acceptors (Lipinski definition) is 3. The lowest BCUT2D eigenvalue weighted by molar-refractivity contribution is 0.580. The van der Waals surface area contributed by atoms with Gasteiger partial charge in [0.25, 0.3) is 10.0 Å². The van der Waals surface area contributed by atoms with Gasteiger partial charge in [-0.1, -0.05) is 17.7 Å². The van der Waals surface area contributed by atoms with Crippen molar-refractivity contribution < 1.29 is 12.8 Å². The molecule has 1 aromatic rings. The molecular formula is C6H6ClFN2O2S. The molecule has 0 aliphatic rings. The third-order valence-electron chi connectivity index (χ3n) is 1.36. The van der Waals surface area contributed by atoms with Crippen LogP contribution in [0.5, 0.6) is 0 Å². The van der Waals surface area contributed by atoms with Crippen LogP contribution in [0.15, 0.2) is 23.1 Å². The van der Waals surface area contributed by atoms with Crippen LogP contribution >= 0.6 is 11.6 Å². The van der Waals surface area contributed by atoms with Crippen molar-refractivity contribution in [3.63, 3.8) is 0 Å². The summed E-state index contributed by atoms with van der Waals surface area (Å²) < 4.78 is 35.0. The smallest absolute Gasteiger partial charge is 0.254 e. The highest BCUT2D eigenvalue weighted by atomic mass is 35.5. The van der Waals surface area contributed by atoms with Crippen molar-refractivity contribution in [2.45, 2.75) is 4.90 Å². The summed E-state index contributed by atoms with van der Waals surface area (Å²) in [7, 11) is -3.90. The lowest BCUT2D eigenvalue weighted by atomic mass is 10.3. The summed E-state index contributed by atoms with van der Waals surface area (Å²) in [5.74, 6) is 3.93. The Bertz CT molecular complexity index is 421. The van der Waals surface area contributed by atoms with Gasteiger partial charge in [-0.25, -0.2) is 12.8 Å². The van der Waals surface area contributed by atoms with Crippen LogP contribution in [0.1, 0.15) is 0 Å². The van der Waals surface area contributed by atoms with Crippen LogP contribution in [0.25, 0.3) is 0 Å². The van der Waals surface area contributed by atoms with Crippen molar-refractivity contribution in [2.24, 2.45) is 5.84 Å². The van der Waals surface area contributed by atoms with E-state index < -0.39 is 20.9 Å². The molecule has 0 aromatic heterocycles. The molecule has 3 N–H and O–H groups in total. The van der Waals surface area contributed by atoms with Gasteiger partial charge in [0.2, 0.25) is 0 Å². The number of benzene rings is 1. The van der Waals surface area contributed by atoms with Crippen LogP contribution in [0.4, 0.5) is 4.39 Å². The lowest BCUT2D eigenvalue weighted by Gasteiger charge is -2.04. The quantitative estimate of drug-likeness (QED) is 0.572. The third kappa shape index (κ3) is 1.97. The maximum absolute atomic E-state index is 12.8. The van der Waals surface area contributed by atoms with Crippen LogP contribution in [0.2, 0.25) is 5.02 Å². The number of hydrogen-bond donors (Lipinski definition) is 2. The second-order valence-electron chi connectivity index (χ2n) is 2.17. The second kappa shape index (κ2) is 3.59. The molecule has 7 heteroatoms. The van der Waals surface area contributed by atoms with Gasteiger partial charge in [0.05, 0.1) is 5.02 Å². The summed E-state index contributed by atoms with van der Waals surface area (Å²) in [6.45, 7) is 0. The van der Waals surface area contributed by atoms with Gasteiger partial charge in [0, 0.05) is 0 Å². The standard InChI is InChI=1S/C6H6ClFN2O2S/c7-6-4(8)2-1-3-5(6)13(11,12)10-9/h1-3,10H,9H2. The summed E-state index contributed by atoms with van der Waals surface area (Å²) in [4.78, 5) is 1.17. The first-order chi connectivity index (χ1) is 5.99. The molecule has 4 nitrogen and oxygen atoms in total. The van der Waals surface area contributed by atoms with Crippen LogP contribution < -0.4 is 10.7 Å². The number of sulfonamides is 1. The first-order valence-corrected chi connectivity index (χ1v) is 5.01. The molecule has 0 aliphatic heterocycles. The van der Waals surface area contributed by atoms with Gasteiger partial charge in [0.15, 0.2) is 0 Å². The Morgan fingerprint density at radius 2 is 2.08 bits per heavy atom. The Kier molecular flexibility index (Phi) is 2.87. The SMILES string of the molecule is NNS(=O)(=O)c1cccc(F)c1Cl. The molecule has 13 heavy (non-hydrogen) atoms. The first-order valence-electron chi connectivity index (χ1n) is 3.15. The minimum Gasteiger partial charge on any atom is -0.257 e. The number of hydrazine groups is 1. The summed E-state index contributed by atoms with van der Waals surface area (Å²) in [5.41, 5.74) is 0. The van der Waals surface area contributed by atoms with Gasteiger partial charge in [-0.05, 0) is 12.1 Å². The summed E-state index contributed by atoms with van der Waals surface area (Å²) in [6.07, 6.45) is 0. The Morgan fingerprint density at radius 3 is 2.62 bits per heavy atom. The van der Waals surface area contributed by atoms with Crippen molar-refractivity contribution in [3.8, 4) is 0 Å². The number of halogens is 2. The number of nitrogens with one attached hydrogen (secondary N) is 1. The normalized spacial score (nSPS) is 11.6. The zero-order valence-corrected chi connectivity index (χ0v) is 7.86. The number of nitrogens with two attached hydrogens (primary N) is 1. The van der Waals surface area contributed by atoms with Gasteiger partial charge < -0.3 is 0 Å². The highest BCUT2D eigenvalue weighted by Gasteiger charge is 2.17. The third-order valence-corrected chi connectivity index (χ3v) is 3.09. The van der Waals surface area contributed by atoms with Gasteiger partial charge in [-0.2, -0.15) is 4.83 Å². The predicted octanol–water partition coefficient (Wildman–Crippen LogP) is 0.631. The summed E-state index contributed by atoms with van der Waals surface area (Å²) >= 11 is 5.41. The molecule has 0 saturated carbocycles.